The highest BCUT2D eigenvalue weighted by Crippen LogP contribution is 2.29. The maximum Gasteiger partial charge on any atom is 0.254 e. The van der Waals surface area contributed by atoms with Crippen LogP contribution in [-0.2, 0) is 23.1 Å². The third-order valence-electron chi connectivity index (χ3n) is 4.92. The van der Waals surface area contributed by atoms with E-state index in [2.05, 4.69) is 0 Å². The van der Waals surface area contributed by atoms with E-state index in [1.807, 2.05) is 35.7 Å². The Morgan fingerprint density at radius 1 is 0.938 bits per heavy atom. The lowest BCUT2D eigenvalue weighted by molar-refractivity contribution is 0.0731. The van der Waals surface area contributed by atoms with Crippen LogP contribution in [0.1, 0.15) is 20.8 Å². The number of hydrogen-bond donors (Lipinski definition) is 0. The molecule has 0 saturated heterocycles. The van der Waals surface area contributed by atoms with Crippen molar-refractivity contribution in [2.75, 3.05) is 28.3 Å². The second kappa shape index (κ2) is 10.2. The molecule has 0 unspecified atom stereocenters. The smallest absolute Gasteiger partial charge is 0.254 e. The largest absolute Gasteiger partial charge is 0.493 e. The van der Waals surface area contributed by atoms with Gasteiger partial charge >= 0.3 is 0 Å². The van der Waals surface area contributed by atoms with E-state index in [1.165, 1.54) is 26.2 Å². The second-order valence-electron chi connectivity index (χ2n) is 7.24. The number of rotatable bonds is 9. The molecule has 1 heterocycles. The normalized spacial score (nSPS) is 11.4. The second-order valence-corrected chi connectivity index (χ2v) is 10.4. The van der Waals surface area contributed by atoms with Crippen molar-refractivity contribution in [2.24, 2.45) is 0 Å². The third-order valence-corrected chi connectivity index (χ3v) is 7.61. The minimum Gasteiger partial charge on any atom is -0.493 e. The SMILES string of the molecule is COc1ccc(CN(Cc2cccs2)C(=O)c2ccc(S(=O)(=O)N(C)C)cc2)cc1OC. The Morgan fingerprint density at radius 3 is 2.19 bits per heavy atom. The monoisotopic (exact) mass is 474 g/mol. The first-order chi connectivity index (χ1) is 15.3. The number of nitrogens with zero attached hydrogens (tertiary/aromatic N) is 2. The van der Waals surface area contributed by atoms with Crippen LogP contribution < -0.4 is 9.47 Å². The number of sulfonamides is 1. The van der Waals surface area contributed by atoms with E-state index in [9.17, 15) is 13.2 Å². The molecule has 0 spiro atoms. The van der Waals surface area contributed by atoms with Crippen LogP contribution in [-0.4, -0.2) is 51.8 Å². The molecule has 9 heteroatoms. The summed E-state index contributed by atoms with van der Waals surface area (Å²) in [5, 5.41) is 1.97. The number of ether oxygens (including phenoxy) is 2. The summed E-state index contributed by atoms with van der Waals surface area (Å²) in [5.74, 6) is 1.01. The Bertz CT molecular complexity index is 1160. The van der Waals surface area contributed by atoms with E-state index in [-0.39, 0.29) is 10.8 Å². The maximum absolute atomic E-state index is 13.4. The van der Waals surface area contributed by atoms with Crippen molar-refractivity contribution in [2.45, 2.75) is 18.0 Å². The van der Waals surface area contributed by atoms with E-state index in [0.29, 0.717) is 30.2 Å². The molecule has 3 aromatic rings. The number of hydrogen-bond acceptors (Lipinski definition) is 6. The molecule has 170 valence electrons. The number of thiophene rings is 1. The molecule has 2 aromatic carbocycles. The summed E-state index contributed by atoms with van der Waals surface area (Å²) in [6.45, 7) is 0.789. The van der Waals surface area contributed by atoms with Gasteiger partial charge in [-0.3, -0.25) is 4.79 Å². The van der Waals surface area contributed by atoms with Gasteiger partial charge in [0.2, 0.25) is 10.0 Å². The van der Waals surface area contributed by atoms with Gasteiger partial charge < -0.3 is 14.4 Å². The first kappa shape index (κ1) is 23.8. The first-order valence-corrected chi connectivity index (χ1v) is 12.1. The zero-order valence-corrected chi connectivity index (χ0v) is 20.1. The number of carbonyl (C=O) groups is 1. The van der Waals surface area contributed by atoms with Gasteiger partial charge in [-0.05, 0) is 53.4 Å². The molecule has 0 atom stereocenters. The number of methoxy groups -OCH3 is 2. The average molecular weight is 475 g/mol. The standard InChI is InChI=1S/C23H26N2O5S2/c1-24(2)32(27,28)20-10-8-18(9-11-20)23(26)25(16-19-6-5-13-31-19)15-17-7-12-21(29-3)22(14-17)30-4/h5-14H,15-16H2,1-4H3. The molecule has 3 rings (SSSR count). The van der Waals surface area contributed by atoms with Crippen LogP contribution in [0.25, 0.3) is 0 Å². The van der Waals surface area contributed by atoms with E-state index >= 15 is 0 Å². The lowest BCUT2D eigenvalue weighted by Gasteiger charge is -2.23. The van der Waals surface area contributed by atoms with Crippen LogP contribution in [0.15, 0.2) is 64.9 Å². The van der Waals surface area contributed by atoms with Gasteiger partial charge in [0, 0.05) is 31.1 Å². The predicted octanol–water partition coefficient (Wildman–Crippen LogP) is 3.86. The number of amides is 1. The van der Waals surface area contributed by atoms with E-state index in [4.69, 9.17) is 9.47 Å². The molecule has 0 aliphatic carbocycles. The van der Waals surface area contributed by atoms with Gasteiger partial charge in [-0.2, -0.15) is 0 Å². The van der Waals surface area contributed by atoms with Crippen molar-refractivity contribution in [3.05, 3.63) is 76.0 Å². The highest BCUT2D eigenvalue weighted by Gasteiger charge is 2.21. The van der Waals surface area contributed by atoms with Crippen molar-refractivity contribution in [3.63, 3.8) is 0 Å². The summed E-state index contributed by atoms with van der Waals surface area (Å²) >= 11 is 1.57. The Balaban J connectivity index is 1.89. The summed E-state index contributed by atoms with van der Waals surface area (Å²) in [6, 6.07) is 15.5. The third kappa shape index (κ3) is 5.29. The van der Waals surface area contributed by atoms with Gasteiger partial charge in [-0.25, -0.2) is 12.7 Å². The maximum atomic E-state index is 13.4. The fourth-order valence-electron chi connectivity index (χ4n) is 3.15. The van der Waals surface area contributed by atoms with Crippen LogP contribution in [0.2, 0.25) is 0 Å². The summed E-state index contributed by atoms with van der Waals surface area (Å²) in [7, 11) is 2.53. The molecule has 1 aromatic heterocycles. The van der Waals surface area contributed by atoms with Gasteiger partial charge in [0.05, 0.1) is 25.7 Å². The zero-order valence-electron chi connectivity index (χ0n) is 18.4. The quantitative estimate of drug-likeness (QED) is 0.471. The van der Waals surface area contributed by atoms with Crippen LogP contribution >= 0.6 is 11.3 Å². The van der Waals surface area contributed by atoms with Gasteiger partial charge in [-0.15, -0.1) is 11.3 Å². The van der Waals surface area contributed by atoms with Crippen molar-refractivity contribution in [3.8, 4) is 11.5 Å². The summed E-state index contributed by atoms with van der Waals surface area (Å²) in [4.78, 5) is 16.3. The van der Waals surface area contributed by atoms with Crippen molar-refractivity contribution in [1.29, 1.82) is 0 Å². The minimum absolute atomic E-state index is 0.142. The Kier molecular flexibility index (Phi) is 7.55. The molecule has 0 bridgehead atoms. The Labute approximate surface area is 192 Å². The Morgan fingerprint density at radius 2 is 1.62 bits per heavy atom. The van der Waals surface area contributed by atoms with Crippen molar-refractivity contribution in [1.82, 2.24) is 9.21 Å². The van der Waals surface area contributed by atoms with Gasteiger partial charge in [-0.1, -0.05) is 12.1 Å². The molecule has 0 radical (unpaired) electrons. The fraction of sp³-hybridized carbons (Fsp3) is 0.261. The zero-order chi connectivity index (χ0) is 23.3. The molecule has 0 aliphatic rings. The summed E-state index contributed by atoms with van der Waals surface area (Å²) in [5.41, 5.74) is 1.30. The molecule has 0 fully saturated rings. The predicted molar refractivity (Wildman–Crippen MR) is 125 cm³/mol. The van der Waals surface area contributed by atoms with Gasteiger partial charge in [0.25, 0.3) is 5.91 Å². The number of carbonyl (C=O) groups excluding carboxylic acids is 1. The summed E-state index contributed by atoms with van der Waals surface area (Å²) < 4.78 is 36.5. The highest BCUT2D eigenvalue weighted by atomic mass is 32.2. The Hall–Kier alpha value is -2.88. The van der Waals surface area contributed by atoms with Gasteiger partial charge in [0.15, 0.2) is 11.5 Å². The van der Waals surface area contributed by atoms with Gasteiger partial charge in [0.1, 0.15) is 0 Å². The topological polar surface area (TPSA) is 76.2 Å². The molecule has 7 nitrogen and oxygen atoms in total. The molecular formula is C23H26N2O5S2. The molecular weight excluding hydrogens is 448 g/mol. The van der Waals surface area contributed by atoms with Crippen molar-refractivity contribution < 1.29 is 22.7 Å². The van der Waals surface area contributed by atoms with E-state index in [0.717, 1.165) is 14.7 Å². The molecule has 0 N–H and O–H groups in total. The van der Waals surface area contributed by atoms with E-state index in [1.54, 1.807) is 42.6 Å². The minimum atomic E-state index is -3.56. The van der Waals surface area contributed by atoms with Crippen LogP contribution in [0, 0.1) is 0 Å². The first-order valence-electron chi connectivity index (χ1n) is 9.81. The molecule has 32 heavy (non-hydrogen) atoms. The molecule has 0 aliphatic heterocycles. The summed E-state index contributed by atoms with van der Waals surface area (Å²) in [6.07, 6.45) is 0. The number of benzene rings is 2. The van der Waals surface area contributed by atoms with Crippen LogP contribution in [0.3, 0.4) is 0 Å². The van der Waals surface area contributed by atoms with E-state index < -0.39 is 10.0 Å². The van der Waals surface area contributed by atoms with Crippen LogP contribution in [0.5, 0.6) is 11.5 Å². The molecule has 1 amide bonds. The fourth-order valence-corrected chi connectivity index (χ4v) is 4.77. The highest BCUT2D eigenvalue weighted by molar-refractivity contribution is 7.89. The molecule has 0 saturated carbocycles. The lowest BCUT2D eigenvalue weighted by atomic mass is 10.1. The average Bonchev–Trinajstić information content (AvgIpc) is 3.31. The van der Waals surface area contributed by atoms with Crippen molar-refractivity contribution >= 4 is 27.3 Å². The lowest BCUT2D eigenvalue weighted by Crippen LogP contribution is -2.30. The van der Waals surface area contributed by atoms with Crippen LogP contribution in [0.4, 0.5) is 0 Å².